The summed E-state index contributed by atoms with van der Waals surface area (Å²) in [6.07, 6.45) is 32.0. The quantitative estimate of drug-likeness (QED) is 0.0640. The van der Waals surface area contributed by atoms with Crippen LogP contribution in [0.25, 0.3) is 0 Å². The van der Waals surface area contributed by atoms with Crippen molar-refractivity contribution in [2.75, 3.05) is 13.2 Å². The van der Waals surface area contributed by atoms with E-state index in [2.05, 4.69) is 34.6 Å². The molecule has 0 aliphatic rings. The molecule has 3 N–H and O–H groups in total. The molecule has 0 fully saturated rings. The van der Waals surface area contributed by atoms with Crippen molar-refractivity contribution in [3.63, 3.8) is 0 Å². The van der Waals surface area contributed by atoms with Gasteiger partial charge >= 0.3 is 0 Å². The number of halogens is 1. The van der Waals surface area contributed by atoms with Crippen molar-refractivity contribution in [1.29, 1.82) is 0 Å². The van der Waals surface area contributed by atoms with Gasteiger partial charge in [-0.25, -0.2) is 0 Å². The van der Waals surface area contributed by atoms with Gasteiger partial charge in [-0.05, 0) is 19.8 Å². The van der Waals surface area contributed by atoms with Crippen molar-refractivity contribution in [2.45, 2.75) is 207 Å². The molecule has 0 heterocycles. The molecule has 0 amide bonds. The van der Waals surface area contributed by atoms with Gasteiger partial charge in [-0.2, -0.15) is 0 Å². The lowest BCUT2D eigenvalue weighted by Crippen LogP contribution is -3.00. The maximum Gasteiger partial charge on any atom is 0.218 e. The van der Waals surface area contributed by atoms with Gasteiger partial charge in [0, 0.05) is 12.5 Å². The highest BCUT2D eigenvalue weighted by molar-refractivity contribution is 4.57. The second-order valence-corrected chi connectivity index (χ2v) is 12.6. The summed E-state index contributed by atoms with van der Waals surface area (Å²) in [5, 5.41) is 12.4. The van der Waals surface area contributed by atoms with Crippen molar-refractivity contribution >= 4 is 0 Å². The van der Waals surface area contributed by atoms with Gasteiger partial charge in [0.15, 0.2) is 6.23 Å². The van der Waals surface area contributed by atoms with Crippen LogP contribution in [0.2, 0.25) is 0 Å². The molecule has 40 heavy (non-hydrogen) atoms. The number of quaternary nitrogens is 1. The van der Waals surface area contributed by atoms with E-state index in [1.807, 2.05) is 5.32 Å². The van der Waals surface area contributed by atoms with Gasteiger partial charge in [0.1, 0.15) is 6.10 Å². The van der Waals surface area contributed by atoms with Crippen LogP contribution in [0.15, 0.2) is 0 Å². The van der Waals surface area contributed by atoms with Gasteiger partial charge < -0.3 is 31.6 Å². The van der Waals surface area contributed by atoms with Crippen molar-refractivity contribution < 1.29 is 36.9 Å². The third-order valence-corrected chi connectivity index (χ3v) is 8.22. The number of aliphatic hydroxyl groups excluding tert-OH is 1. The second-order valence-electron chi connectivity index (χ2n) is 12.6. The highest BCUT2D eigenvalue weighted by Crippen LogP contribution is 2.14. The zero-order valence-corrected chi connectivity index (χ0v) is 29.5. The maximum absolute atomic E-state index is 10.4. The van der Waals surface area contributed by atoms with Crippen molar-refractivity contribution in [2.24, 2.45) is 5.92 Å². The van der Waals surface area contributed by atoms with Gasteiger partial charge in [-0.15, -0.1) is 0 Å². The Bertz CT molecular complexity index is 466. The fraction of sp³-hybridized carbons (Fsp3) is 1.00. The standard InChI is InChI=1S/C35H73NO3.BrH/c1-6-8-10-12-14-16-18-20-22-24-26-28-30-38-33(5)35(36-34(37)32(3)4)39-31-29-27-25-23-21-19-17-15-13-11-9-7-2;/h32-37H,6-31H2,1-5H3;1H. The number of hydrogen-bond acceptors (Lipinski definition) is 3. The Hall–Kier alpha value is 0.320. The van der Waals surface area contributed by atoms with Gasteiger partial charge in [0.25, 0.3) is 0 Å². The largest absolute Gasteiger partial charge is 1.00 e. The molecule has 0 aliphatic carbocycles. The predicted octanol–water partition coefficient (Wildman–Crippen LogP) is 6.68. The Morgan fingerprint density at radius 3 is 1.10 bits per heavy atom. The van der Waals surface area contributed by atoms with Gasteiger partial charge in [-0.1, -0.05) is 169 Å². The zero-order chi connectivity index (χ0) is 28.8. The van der Waals surface area contributed by atoms with Crippen LogP contribution in [-0.4, -0.2) is 36.9 Å². The van der Waals surface area contributed by atoms with Gasteiger partial charge in [0.05, 0.1) is 6.61 Å². The maximum atomic E-state index is 10.4. The Kier molecular flexibility index (Phi) is 35.9. The van der Waals surface area contributed by atoms with E-state index in [4.69, 9.17) is 9.47 Å². The molecule has 0 aromatic heterocycles. The number of aliphatic hydroxyl groups is 1. The highest BCUT2D eigenvalue weighted by Gasteiger charge is 2.26. The van der Waals surface area contributed by atoms with Crippen LogP contribution in [0.3, 0.4) is 0 Å². The minimum atomic E-state index is -0.449. The smallest absolute Gasteiger partial charge is 0.218 e. The summed E-state index contributed by atoms with van der Waals surface area (Å²) in [5.41, 5.74) is 0. The topological polar surface area (TPSA) is 55.3 Å². The predicted molar refractivity (Wildman–Crippen MR) is 170 cm³/mol. The van der Waals surface area contributed by atoms with Crippen molar-refractivity contribution in [3.05, 3.63) is 0 Å². The minimum absolute atomic E-state index is 0. The van der Waals surface area contributed by atoms with Crippen LogP contribution in [0.4, 0.5) is 0 Å². The average Bonchev–Trinajstić information content (AvgIpc) is 2.92. The van der Waals surface area contributed by atoms with Crippen molar-refractivity contribution in [1.82, 2.24) is 0 Å². The first kappa shape index (κ1) is 42.5. The van der Waals surface area contributed by atoms with Crippen LogP contribution in [-0.2, 0) is 9.47 Å². The molecule has 5 heteroatoms. The molecule has 3 atom stereocenters. The molecule has 0 bridgehead atoms. The third kappa shape index (κ3) is 29.8. The molecule has 4 nitrogen and oxygen atoms in total. The van der Waals surface area contributed by atoms with Crippen LogP contribution in [0.5, 0.6) is 0 Å². The Morgan fingerprint density at radius 1 is 0.475 bits per heavy atom. The zero-order valence-electron chi connectivity index (χ0n) is 27.9. The monoisotopic (exact) mass is 635 g/mol. The molecule has 0 aromatic carbocycles. The van der Waals surface area contributed by atoms with Gasteiger partial charge in [-0.3, -0.25) is 5.32 Å². The van der Waals surface area contributed by atoms with E-state index < -0.39 is 6.23 Å². The molecule has 0 aromatic rings. The number of ether oxygens (including phenoxy) is 2. The lowest BCUT2D eigenvalue weighted by molar-refractivity contribution is -0.794. The van der Waals surface area contributed by atoms with Crippen LogP contribution in [0.1, 0.15) is 189 Å². The first-order chi connectivity index (χ1) is 19.0. The summed E-state index contributed by atoms with van der Waals surface area (Å²) in [7, 11) is 0. The molecule has 3 unspecified atom stereocenters. The summed E-state index contributed by atoms with van der Waals surface area (Å²) in [6.45, 7) is 12.3. The summed E-state index contributed by atoms with van der Waals surface area (Å²) in [4.78, 5) is 0. The highest BCUT2D eigenvalue weighted by atomic mass is 79.9. The molecule has 0 saturated carbocycles. The van der Waals surface area contributed by atoms with E-state index in [1.165, 1.54) is 141 Å². The number of nitrogens with two attached hydrogens (primary N) is 1. The lowest BCUT2D eigenvalue weighted by Gasteiger charge is -2.26. The summed E-state index contributed by atoms with van der Waals surface area (Å²) >= 11 is 0. The van der Waals surface area contributed by atoms with Crippen LogP contribution < -0.4 is 22.3 Å². The molecular formula is C35H74BrNO3. The molecule has 244 valence electrons. The first-order valence-corrected chi connectivity index (χ1v) is 17.8. The lowest BCUT2D eigenvalue weighted by atomic mass is 10.1. The molecule has 0 spiro atoms. The molecule has 0 saturated heterocycles. The SMILES string of the molecule is CCCCCCCCCCCCCCOC(C)C([NH2+]C(O)C(C)C)OCCCCCCCCCCCCCC.[Br-]. The van der Waals surface area contributed by atoms with E-state index >= 15 is 0 Å². The summed E-state index contributed by atoms with van der Waals surface area (Å²) in [6, 6.07) is 0. The van der Waals surface area contributed by atoms with Crippen LogP contribution in [0, 0.1) is 5.92 Å². The minimum Gasteiger partial charge on any atom is -1.00 e. The normalized spacial score (nSPS) is 13.9. The number of hydrogen-bond donors (Lipinski definition) is 2. The summed E-state index contributed by atoms with van der Waals surface area (Å²) < 4.78 is 12.4. The number of unbranched alkanes of at least 4 members (excludes halogenated alkanes) is 22. The summed E-state index contributed by atoms with van der Waals surface area (Å²) in [5.74, 6) is 0.200. The number of rotatable bonds is 32. The third-order valence-electron chi connectivity index (χ3n) is 8.22. The molecular weight excluding hydrogens is 562 g/mol. The van der Waals surface area contributed by atoms with E-state index in [0.29, 0.717) is 0 Å². The Balaban J connectivity index is 0. The molecule has 0 rings (SSSR count). The average molecular weight is 637 g/mol. The Morgan fingerprint density at radius 2 is 0.775 bits per heavy atom. The van der Waals surface area contributed by atoms with Gasteiger partial charge in [0.2, 0.25) is 6.23 Å². The van der Waals surface area contributed by atoms with Crippen LogP contribution >= 0.6 is 0 Å². The van der Waals surface area contributed by atoms with E-state index in [0.717, 1.165) is 26.1 Å². The first-order valence-electron chi connectivity index (χ1n) is 17.8. The fourth-order valence-corrected chi connectivity index (χ4v) is 5.23. The van der Waals surface area contributed by atoms with E-state index in [1.54, 1.807) is 0 Å². The molecule has 0 radical (unpaired) electrons. The van der Waals surface area contributed by atoms with E-state index in [9.17, 15) is 5.11 Å². The van der Waals surface area contributed by atoms with E-state index in [-0.39, 0.29) is 35.2 Å². The molecule has 0 aliphatic heterocycles. The second kappa shape index (κ2) is 33.8. The fourth-order valence-electron chi connectivity index (χ4n) is 5.23. The van der Waals surface area contributed by atoms with Crippen molar-refractivity contribution in [3.8, 4) is 0 Å². The Labute approximate surface area is 262 Å².